The second-order valence-electron chi connectivity index (χ2n) is 4.06. The van der Waals surface area contributed by atoms with Gasteiger partial charge in [0.25, 0.3) is 0 Å². The number of halogens is 3. The summed E-state index contributed by atoms with van der Waals surface area (Å²) in [5.74, 6) is -0.943. The number of alkyl halides is 3. The zero-order valence-corrected chi connectivity index (χ0v) is 10.3. The minimum atomic E-state index is -4.52. The van der Waals surface area contributed by atoms with E-state index in [0.717, 1.165) is 31.4 Å². The van der Waals surface area contributed by atoms with Crippen molar-refractivity contribution in [3.63, 3.8) is 0 Å². The maximum atomic E-state index is 12.7. The fraction of sp³-hybridized carbons (Fsp3) is 0.538. The number of hydrogen-bond donors (Lipinski definition) is 1. The van der Waals surface area contributed by atoms with E-state index >= 15 is 0 Å². The SMILES string of the molecule is CCCCCCOc1c(O)cccc1C(F)(F)F. The molecule has 0 radical (unpaired) electrons. The number of ether oxygens (including phenoxy) is 1. The van der Waals surface area contributed by atoms with Gasteiger partial charge in [-0.2, -0.15) is 13.2 Å². The van der Waals surface area contributed by atoms with Gasteiger partial charge in [-0.15, -0.1) is 0 Å². The number of hydrogen-bond acceptors (Lipinski definition) is 2. The number of unbranched alkanes of at least 4 members (excludes halogenated alkanes) is 3. The highest BCUT2D eigenvalue weighted by molar-refractivity contribution is 5.47. The van der Waals surface area contributed by atoms with Gasteiger partial charge in [-0.25, -0.2) is 0 Å². The van der Waals surface area contributed by atoms with Crippen LogP contribution in [0.3, 0.4) is 0 Å². The van der Waals surface area contributed by atoms with E-state index in [0.29, 0.717) is 6.42 Å². The van der Waals surface area contributed by atoms with Gasteiger partial charge in [0, 0.05) is 0 Å². The molecule has 5 heteroatoms. The molecule has 0 aromatic heterocycles. The van der Waals surface area contributed by atoms with Gasteiger partial charge in [0.15, 0.2) is 11.5 Å². The molecule has 0 saturated heterocycles. The molecule has 1 rings (SSSR count). The van der Waals surface area contributed by atoms with Gasteiger partial charge in [-0.3, -0.25) is 0 Å². The lowest BCUT2D eigenvalue weighted by Crippen LogP contribution is -2.09. The van der Waals surface area contributed by atoms with Crippen LogP contribution in [-0.2, 0) is 6.18 Å². The van der Waals surface area contributed by atoms with E-state index in [1.54, 1.807) is 0 Å². The summed E-state index contributed by atoms with van der Waals surface area (Å²) in [6.07, 6.45) is -0.858. The summed E-state index contributed by atoms with van der Waals surface area (Å²) < 4.78 is 43.1. The average molecular weight is 262 g/mol. The summed E-state index contributed by atoms with van der Waals surface area (Å²) in [5, 5.41) is 9.43. The number of phenolic OH excluding ortho intramolecular Hbond substituents is 1. The lowest BCUT2D eigenvalue weighted by molar-refractivity contribution is -0.139. The minimum absolute atomic E-state index is 0.181. The monoisotopic (exact) mass is 262 g/mol. The minimum Gasteiger partial charge on any atom is -0.504 e. The third-order valence-electron chi connectivity index (χ3n) is 2.54. The highest BCUT2D eigenvalue weighted by Gasteiger charge is 2.35. The third-order valence-corrected chi connectivity index (χ3v) is 2.54. The molecule has 0 heterocycles. The molecule has 0 unspecified atom stereocenters. The number of rotatable bonds is 6. The van der Waals surface area contributed by atoms with Crippen LogP contribution in [0.1, 0.15) is 38.2 Å². The molecular formula is C13H17F3O2. The normalized spacial score (nSPS) is 11.6. The first kappa shape index (κ1) is 14.7. The zero-order chi connectivity index (χ0) is 13.6. The van der Waals surface area contributed by atoms with Crippen LogP contribution in [0.25, 0.3) is 0 Å². The van der Waals surface area contributed by atoms with Crippen LogP contribution in [0.5, 0.6) is 11.5 Å². The topological polar surface area (TPSA) is 29.5 Å². The Balaban J connectivity index is 2.69. The molecule has 0 amide bonds. The van der Waals surface area contributed by atoms with Crippen molar-refractivity contribution in [1.29, 1.82) is 0 Å². The Kier molecular flexibility index (Phi) is 5.31. The van der Waals surface area contributed by atoms with Crippen molar-refractivity contribution in [2.24, 2.45) is 0 Å². The van der Waals surface area contributed by atoms with E-state index in [9.17, 15) is 18.3 Å². The molecule has 102 valence electrons. The van der Waals surface area contributed by atoms with E-state index in [2.05, 4.69) is 0 Å². The average Bonchev–Trinajstić information content (AvgIpc) is 2.29. The maximum absolute atomic E-state index is 12.7. The Morgan fingerprint density at radius 3 is 2.50 bits per heavy atom. The molecule has 0 saturated carbocycles. The summed E-state index contributed by atoms with van der Waals surface area (Å²) in [5.41, 5.74) is -0.932. The summed E-state index contributed by atoms with van der Waals surface area (Å²) in [6.45, 7) is 2.23. The summed E-state index contributed by atoms with van der Waals surface area (Å²) >= 11 is 0. The second-order valence-corrected chi connectivity index (χ2v) is 4.06. The Hall–Kier alpha value is -1.39. The fourth-order valence-corrected chi connectivity index (χ4v) is 1.60. The van der Waals surface area contributed by atoms with Gasteiger partial charge in [-0.05, 0) is 18.6 Å². The second kappa shape index (κ2) is 6.52. The predicted molar refractivity (Wildman–Crippen MR) is 62.7 cm³/mol. The van der Waals surface area contributed by atoms with Gasteiger partial charge in [-0.1, -0.05) is 32.3 Å². The van der Waals surface area contributed by atoms with Crippen molar-refractivity contribution in [2.45, 2.75) is 38.8 Å². The predicted octanol–water partition coefficient (Wildman–Crippen LogP) is 4.37. The lowest BCUT2D eigenvalue weighted by Gasteiger charge is -2.14. The van der Waals surface area contributed by atoms with Crippen molar-refractivity contribution in [3.05, 3.63) is 23.8 Å². The fourth-order valence-electron chi connectivity index (χ4n) is 1.60. The van der Waals surface area contributed by atoms with Gasteiger partial charge in [0.2, 0.25) is 0 Å². The molecule has 1 aromatic carbocycles. The van der Waals surface area contributed by atoms with Gasteiger partial charge in [0.05, 0.1) is 6.61 Å². The maximum Gasteiger partial charge on any atom is 0.420 e. The van der Waals surface area contributed by atoms with Crippen LogP contribution < -0.4 is 4.74 Å². The molecule has 0 bridgehead atoms. The molecule has 0 fully saturated rings. The first-order valence-corrected chi connectivity index (χ1v) is 5.98. The summed E-state index contributed by atoms with van der Waals surface area (Å²) in [4.78, 5) is 0. The van der Waals surface area contributed by atoms with Gasteiger partial charge >= 0.3 is 6.18 Å². The molecule has 0 aliphatic rings. The van der Waals surface area contributed by atoms with Crippen molar-refractivity contribution in [1.82, 2.24) is 0 Å². The van der Waals surface area contributed by atoms with Crippen LogP contribution in [-0.4, -0.2) is 11.7 Å². The number of aromatic hydroxyl groups is 1. The van der Waals surface area contributed by atoms with Crippen LogP contribution in [0, 0.1) is 0 Å². The Morgan fingerprint density at radius 2 is 1.89 bits per heavy atom. The Bertz CT molecular complexity index is 375. The highest BCUT2D eigenvalue weighted by Crippen LogP contribution is 2.40. The first-order chi connectivity index (χ1) is 8.46. The molecule has 0 aliphatic carbocycles. The molecule has 1 N–H and O–H groups in total. The van der Waals surface area contributed by atoms with E-state index in [-0.39, 0.29) is 6.61 Å². The van der Waals surface area contributed by atoms with Gasteiger partial charge in [0.1, 0.15) is 5.56 Å². The Labute approximate surface area is 104 Å². The number of benzene rings is 1. The third kappa shape index (κ3) is 4.13. The van der Waals surface area contributed by atoms with E-state index in [4.69, 9.17) is 4.74 Å². The van der Waals surface area contributed by atoms with Crippen LogP contribution in [0.15, 0.2) is 18.2 Å². The first-order valence-electron chi connectivity index (χ1n) is 5.98. The standard InChI is InChI=1S/C13H17F3O2/c1-2-3-4-5-9-18-12-10(13(14,15)16)7-6-8-11(12)17/h6-8,17H,2-5,9H2,1H3. The van der Waals surface area contributed by atoms with E-state index in [1.807, 2.05) is 6.92 Å². The summed E-state index contributed by atoms with van der Waals surface area (Å²) in [7, 11) is 0. The van der Waals surface area contributed by atoms with Crippen LogP contribution in [0.2, 0.25) is 0 Å². The highest BCUT2D eigenvalue weighted by atomic mass is 19.4. The quantitative estimate of drug-likeness (QED) is 0.771. The molecular weight excluding hydrogens is 245 g/mol. The molecule has 1 aromatic rings. The Morgan fingerprint density at radius 1 is 1.17 bits per heavy atom. The van der Waals surface area contributed by atoms with Crippen LogP contribution in [0.4, 0.5) is 13.2 Å². The van der Waals surface area contributed by atoms with E-state index < -0.39 is 23.2 Å². The number of phenols is 1. The van der Waals surface area contributed by atoms with Crippen molar-refractivity contribution in [2.75, 3.05) is 6.61 Å². The molecule has 0 atom stereocenters. The van der Waals surface area contributed by atoms with Crippen molar-refractivity contribution >= 4 is 0 Å². The smallest absolute Gasteiger partial charge is 0.420 e. The molecule has 0 aliphatic heterocycles. The molecule has 0 spiro atoms. The molecule has 18 heavy (non-hydrogen) atoms. The zero-order valence-electron chi connectivity index (χ0n) is 10.3. The van der Waals surface area contributed by atoms with Crippen molar-refractivity contribution in [3.8, 4) is 11.5 Å². The lowest BCUT2D eigenvalue weighted by atomic mass is 10.1. The summed E-state index contributed by atoms with van der Waals surface area (Å²) in [6, 6.07) is 3.25. The van der Waals surface area contributed by atoms with Gasteiger partial charge < -0.3 is 9.84 Å². The molecule has 2 nitrogen and oxygen atoms in total. The van der Waals surface area contributed by atoms with E-state index in [1.165, 1.54) is 6.07 Å². The largest absolute Gasteiger partial charge is 0.504 e. The van der Waals surface area contributed by atoms with Crippen LogP contribution >= 0.6 is 0 Å². The number of para-hydroxylation sites is 1. The van der Waals surface area contributed by atoms with Crippen molar-refractivity contribution < 1.29 is 23.0 Å².